The molecular formula is C9H14N4O3. The van der Waals surface area contributed by atoms with Crippen molar-refractivity contribution in [2.75, 3.05) is 20.1 Å². The molecule has 2 saturated heterocycles. The maximum absolute atomic E-state index is 11.6. The lowest BCUT2D eigenvalue weighted by Gasteiger charge is -2.36. The third-order valence-electron chi connectivity index (χ3n) is 3.13. The first-order valence-corrected chi connectivity index (χ1v) is 5.18. The van der Waals surface area contributed by atoms with Crippen molar-refractivity contribution in [3.05, 3.63) is 0 Å². The monoisotopic (exact) mass is 226 g/mol. The number of likely N-dealkylation sites (tertiary alicyclic amines) is 1. The second-order valence-corrected chi connectivity index (χ2v) is 4.03. The predicted molar refractivity (Wildman–Crippen MR) is 54.7 cm³/mol. The molecule has 88 valence electrons. The van der Waals surface area contributed by atoms with E-state index in [-0.39, 0.29) is 11.9 Å². The number of nitrogens with zero attached hydrogens (tertiary/aromatic N) is 1. The molecule has 7 heteroatoms. The van der Waals surface area contributed by atoms with Gasteiger partial charge in [0.25, 0.3) is 5.91 Å². The maximum atomic E-state index is 11.6. The highest BCUT2D eigenvalue weighted by molar-refractivity contribution is 6.07. The molecule has 2 heterocycles. The Hall–Kier alpha value is -1.79. The van der Waals surface area contributed by atoms with Crippen molar-refractivity contribution < 1.29 is 14.4 Å². The molecule has 0 aromatic carbocycles. The van der Waals surface area contributed by atoms with Crippen molar-refractivity contribution in [1.29, 1.82) is 0 Å². The number of piperidine rings is 1. The lowest BCUT2D eigenvalue weighted by Crippen LogP contribution is -2.56. The van der Waals surface area contributed by atoms with E-state index in [9.17, 15) is 14.4 Å². The molecule has 2 aliphatic heterocycles. The van der Waals surface area contributed by atoms with Crippen LogP contribution in [-0.4, -0.2) is 48.5 Å². The number of carbonyl (C=O) groups is 3. The van der Waals surface area contributed by atoms with Gasteiger partial charge in [0, 0.05) is 20.1 Å². The Morgan fingerprint density at radius 1 is 1.38 bits per heavy atom. The number of hydrogen-bond acceptors (Lipinski definition) is 3. The zero-order valence-electron chi connectivity index (χ0n) is 9.00. The molecule has 2 fully saturated rings. The number of nitrogens with one attached hydrogen (secondary N) is 3. The first-order chi connectivity index (χ1) is 7.57. The fourth-order valence-electron chi connectivity index (χ4n) is 2.13. The van der Waals surface area contributed by atoms with E-state index in [1.807, 2.05) is 0 Å². The van der Waals surface area contributed by atoms with Crippen molar-refractivity contribution in [1.82, 2.24) is 20.9 Å². The second kappa shape index (κ2) is 3.66. The topological polar surface area (TPSA) is 90.5 Å². The molecule has 0 aromatic rings. The van der Waals surface area contributed by atoms with E-state index in [1.165, 1.54) is 0 Å². The Morgan fingerprint density at radius 3 is 2.44 bits per heavy atom. The number of hydrogen-bond donors (Lipinski definition) is 3. The van der Waals surface area contributed by atoms with Crippen LogP contribution in [0, 0.1) is 0 Å². The van der Waals surface area contributed by atoms with Crippen LogP contribution in [0.5, 0.6) is 0 Å². The normalized spacial score (nSPS) is 22.9. The number of rotatable bonds is 0. The molecule has 7 nitrogen and oxygen atoms in total. The lowest BCUT2D eigenvalue weighted by molar-refractivity contribution is -0.125. The van der Waals surface area contributed by atoms with Gasteiger partial charge in [-0.1, -0.05) is 0 Å². The SMILES string of the molecule is CNC(=O)N1CCC2(CC1)NC(=O)NC2=O. The maximum Gasteiger partial charge on any atom is 0.322 e. The van der Waals surface area contributed by atoms with Crippen LogP contribution in [0.4, 0.5) is 9.59 Å². The first kappa shape index (κ1) is 10.7. The Balaban J connectivity index is 2.02. The molecule has 2 rings (SSSR count). The summed E-state index contributed by atoms with van der Waals surface area (Å²) in [6, 6.07) is -0.599. The Bertz CT molecular complexity index is 347. The quantitative estimate of drug-likeness (QED) is 0.463. The van der Waals surface area contributed by atoms with Gasteiger partial charge < -0.3 is 15.5 Å². The van der Waals surface area contributed by atoms with Gasteiger partial charge in [-0.15, -0.1) is 0 Å². The number of urea groups is 2. The summed E-state index contributed by atoms with van der Waals surface area (Å²) in [7, 11) is 1.57. The summed E-state index contributed by atoms with van der Waals surface area (Å²) in [5.74, 6) is -0.283. The number of carbonyl (C=O) groups excluding carboxylic acids is 3. The molecule has 0 saturated carbocycles. The Kier molecular flexibility index (Phi) is 2.45. The van der Waals surface area contributed by atoms with Gasteiger partial charge >= 0.3 is 12.1 Å². The van der Waals surface area contributed by atoms with Gasteiger partial charge in [0.15, 0.2) is 0 Å². The van der Waals surface area contributed by atoms with Gasteiger partial charge in [-0.2, -0.15) is 0 Å². The van der Waals surface area contributed by atoms with Gasteiger partial charge in [-0.05, 0) is 12.8 Å². The molecule has 5 amide bonds. The summed E-state index contributed by atoms with van der Waals surface area (Å²) >= 11 is 0. The van der Waals surface area contributed by atoms with E-state index < -0.39 is 11.6 Å². The van der Waals surface area contributed by atoms with Gasteiger partial charge in [0.1, 0.15) is 5.54 Å². The molecule has 0 atom stereocenters. The Morgan fingerprint density at radius 2 is 2.00 bits per heavy atom. The van der Waals surface area contributed by atoms with Crippen LogP contribution in [0.3, 0.4) is 0 Å². The molecule has 2 aliphatic rings. The van der Waals surface area contributed by atoms with Crippen LogP contribution in [-0.2, 0) is 4.79 Å². The fourth-order valence-corrected chi connectivity index (χ4v) is 2.13. The van der Waals surface area contributed by atoms with Crippen LogP contribution in [0.2, 0.25) is 0 Å². The van der Waals surface area contributed by atoms with E-state index in [1.54, 1.807) is 11.9 Å². The van der Waals surface area contributed by atoms with Gasteiger partial charge in [-0.25, -0.2) is 9.59 Å². The van der Waals surface area contributed by atoms with E-state index in [0.29, 0.717) is 25.9 Å². The number of amides is 5. The number of imide groups is 1. The summed E-state index contributed by atoms with van der Waals surface area (Å²) in [4.78, 5) is 35.6. The van der Waals surface area contributed by atoms with E-state index in [0.717, 1.165) is 0 Å². The fraction of sp³-hybridized carbons (Fsp3) is 0.667. The summed E-state index contributed by atoms with van der Waals surface area (Å²) in [6.07, 6.45) is 0.913. The van der Waals surface area contributed by atoms with Crippen LogP contribution in [0.1, 0.15) is 12.8 Å². The predicted octanol–water partition coefficient (Wildman–Crippen LogP) is -1.00. The summed E-state index contributed by atoms with van der Waals surface area (Å²) in [5, 5.41) is 7.40. The average molecular weight is 226 g/mol. The summed E-state index contributed by atoms with van der Waals surface area (Å²) in [6.45, 7) is 0.931. The highest BCUT2D eigenvalue weighted by Crippen LogP contribution is 2.25. The minimum atomic E-state index is -0.804. The molecule has 1 spiro atoms. The highest BCUT2D eigenvalue weighted by Gasteiger charge is 2.48. The molecule has 0 bridgehead atoms. The highest BCUT2D eigenvalue weighted by atomic mass is 16.2. The van der Waals surface area contributed by atoms with Gasteiger partial charge in [-0.3, -0.25) is 10.1 Å². The van der Waals surface area contributed by atoms with Gasteiger partial charge in [0.2, 0.25) is 0 Å². The molecule has 0 radical (unpaired) electrons. The van der Waals surface area contributed by atoms with E-state index in [2.05, 4.69) is 16.0 Å². The van der Waals surface area contributed by atoms with E-state index in [4.69, 9.17) is 0 Å². The summed E-state index contributed by atoms with van der Waals surface area (Å²) < 4.78 is 0. The van der Waals surface area contributed by atoms with Crippen LogP contribution < -0.4 is 16.0 Å². The second-order valence-electron chi connectivity index (χ2n) is 4.03. The summed E-state index contributed by atoms with van der Waals surface area (Å²) in [5.41, 5.74) is -0.804. The first-order valence-electron chi connectivity index (χ1n) is 5.18. The Labute approximate surface area is 92.5 Å². The van der Waals surface area contributed by atoms with Crippen LogP contribution in [0.25, 0.3) is 0 Å². The molecule has 0 aliphatic carbocycles. The standard InChI is InChI=1S/C9H14N4O3/c1-10-8(16)13-4-2-9(3-5-13)6(14)11-7(15)12-9/h2-5H2,1H3,(H,10,16)(H2,11,12,14,15). The molecule has 16 heavy (non-hydrogen) atoms. The van der Waals surface area contributed by atoms with E-state index >= 15 is 0 Å². The van der Waals surface area contributed by atoms with Crippen LogP contribution >= 0.6 is 0 Å². The van der Waals surface area contributed by atoms with Crippen molar-refractivity contribution in [2.45, 2.75) is 18.4 Å². The zero-order valence-corrected chi connectivity index (χ0v) is 9.00. The largest absolute Gasteiger partial charge is 0.341 e. The molecule has 0 unspecified atom stereocenters. The third kappa shape index (κ3) is 1.58. The van der Waals surface area contributed by atoms with Crippen LogP contribution in [0.15, 0.2) is 0 Å². The molecule has 3 N–H and O–H groups in total. The lowest BCUT2D eigenvalue weighted by atomic mass is 9.88. The van der Waals surface area contributed by atoms with Gasteiger partial charge in [0.05, 0.1) is 0 Å². The van der Waals surface area contributed by atoms with Crippen molar-refractivity contribution in [3.8, 4) is 0 Å². The zero-order chi connectivity index (χ0) is 11.8. The minimum Gasteiger partial charge on any atom is -0.341 e. The van der Waals surface area contributed by atoms with Crippen molar-refractivity contribution in [3.63, 3.8) is 0 Å². The third-order valence-corrected chi connectivity index (χ3v) is 3.13. The smallest absolute Gasteiger partial charge is 0.322 e. The minimum absolute atomic E-state index is 0.153. The van der Waals surface area contributed by atoms with Crippen molar-refractivity contribution in [2.24, 2.45) is 0 Å². The van der Waals surface area contributed by atoms with Crippen molar-refractivity contribution >= 4 is 18.0 Å². The molecule has 0 aromatic heterocycles. The average Bonchev–Trinajstić information content (AvgIpc) is 2.54. The molecular weight excluding hydrogens is 212 g/mol.